The van der Waals surface area contributed by atoms with Crippen molar-refractivity contribution in [3.05, 3.63) is 23.7 Å². The van der Waals surface area contributed by atoms with Crippen LogP contribution >= 0.6 is 0 Å². The summed E-state index contributed by atoms with van der Waals surface area (Å²) in [4.78, 5) is 11.9. The Hall–Kier alpha value is -1.29. The molecule has 1 fully saturated rings. The van der Waals surface area contributed by atoms with Gasteiger partial charge < -0.3 is 9.73 Å². The van der Waals surface area contributed by atoms with E-state index in [9.17, 15) is 4.79 Å². The van der Waals surface area contributed by atoms with Crippen LogP contribution in [-0.2, 0) is 11.3 Å². The summed E-state index contributed by atoms with van der Waals surface area (Å²) in [5.41, 5.74) is 0. The number of furan rings is 1. The van der Waals surface area contributed by atoms with Crippen LogP contribution in [0.25, 0.3) is 0 Å². The summed E-state index contributed by atoms with van der Waals surface area (Å²) in [5.74, 6) is 1.85. The Labute approximate surface area is 108 Å². The van der Waals surface area contributed by atoms with Crippen LogP contribution in [0.2, 0.25) is 0 Å². The molecule has 100 valence electrons. The summed E-state index contributed by atoms with van der Waals surface area (Å²) in [5, 5.41) is 6.27. The van der Waals surface area contributed by atoms with Gasteiger partial charge in [0.15, 0.2) is 0 Å². The zero-order chi connectivity index (χ0) is 13.0. The fourth-order valence-electron chi connectivity index (χ4n) is 2.32. The Balaban J connectivity index is 1.73. The zero-order valence-electron chi connectivity index (χ0n) is 11.2. The van der Waals surface area contributed by atoms with Crippen molar-refractivity contribution in [2.24, 2.45) is 0 Å². The number of hydrogen-bond acceptors (Lipinski definition) is 3. The molecule has 0 aliphatic heterocycles. The molecule has 18 heavy (non-hydrogen) atoms. The first-order chi connectivity index (χ1) is 8.65. The van der Waals surface area contributed by atoms with Crippen LogP contribution in [0.4, 0.5) is 0 Å². The van der Waals surface area contributed by atoms with Crippen molar-refractivity contribution >= 4 is 5.91 Å². The minimum atomic E-state index is -0.184. The molecule has 1 heterocycles. The fraction of sp³-hybridized carbons (Fsp3) is 0.643. The number of rotatable bonds is 5. The van der Waals surface area contributed by atoms with Gasteiger partial charge in [0, 0.05) is 6.04 Å². The third kappa shape index (κ3) is 3.60. The Morgan fingerprint density at radius 3 is 2.78 bits per heavy atom. The third-order valence-electron chi connectivity index (χ3n) is 3.47. The number of hydrogen-bond donors (Lipinski definition) is 2. The second-order valence-corrected chi connectivity index (χ2v) is 5.10. The normalized spacial score (nSPS) is 17.9. The second kappa shape index (κ2) is 6.05. The SMILES string of the molecule is Cc1ccc(CNC(C)C(=O)NC2CCCC2)o1. The van der Waals surface area contributed by atoms with E-state index >= 15 is 0 Å². The molecular formula is C14H22N2O2. The average Bonchev–Trinajstić information content (AvgIpc) is 2.97. The maximum absolute atomic E-state index is 11.9. The molecule has 0 aromatic carbocycles. The van der Waals surface area contributed by atoms with E-state index < -0.39 is 0 Å². The van der Waals surface area contributed by atoms with Gasteiger partial charge in [0.25, 0.3) is 0 Å². The summed E-state index contributed by atoms with van der Waals surface area (Å²) in [7, 11) is 0. The zero-order valence-corrected chi connectivity index (χ0v) is 11.2. The van der Waals surface area contributed by atoms with Crippen LogP contribution < -0.4 is 10.6 Å². The van der Waals surface area contributed by atoms with Gasteiger partial charge in [0.05, 0.1) is 12.6 Å². The molecule has 1 unspecified atom stereocenters. The van der Waals surface area contributed by atoms with Crippen molar-refractivity contribution in [3.8, 4) is 0 Å². The van der Waals surface area contributed by atoms with Crippen LogP contribution in [0.5, 0.6) is 0 Å². The van der Waals surface area contributed by atoms with Crippen LogP contribution in [-0.4, -0.2) is 18.0 Å². The van der Waals surface area contributed by atoms with E-state index in [2.05, 4.69) is 10.6 Å². The molecule has 2 rings (SSSR count). The van der Waals surface area contributed by atoms with Crippen molar-refractivity contribution in [1.29, 1.82) is 0 Å². The molecule has 2 N–H and O–H groups in total. The lowest BCUT2D eigenvalue weighted by atomic mass is 10.2. The van der Waals surface area contributed by atoms with Gasteiger partial charge in [-0.2, -0.15) is 0 Å². The van der Waals surface area contributed by atoms with Crippen LogP contribution in [0.1, 0.15) is 44.1 Å². The maximum Gasteiger partial charge on any atom is 0.237 e. The van der Waals surface area contributed by atoms with E-state index in [0.29, 0.717) is 12.6 Å². The Kier molecular flexibility index (Phi) is 4.42. The molecule has 0 bridgehead atoms. The molecule has 4 nitrogen and oxygen atoms in total. The van der Waals surface area contributed by atoms with Crippen molar-refractivity contribution in [1.82, 2.24) is 10.6 Å². The quantitative estimate of drug-likeness (QED) is 0.841. The highest BCUT2D eigenvalue weighted by Crippen LogP contribution is 2.17. The summed E-state index contributed by atoms with van der Waals surface area (Å²) in [6, 6.07) is 4.06. The summed E-state index contributed by atoms with van der Waals surface area (Å²) >= 11 is 0. The first kappa shape index (κ1) is 13.1. The summed E-state index contributed by atoms with van der Waals surface area (Å²) in [6.45, 7) is 4.40. The molecule has 1 aromatic rings. The van der Waals surface area contributed by atoms with E-state index in [0.717, 1.165) is 24.4 Å². The molecule has 0 saturated heterocycles. The number of carbonyl (C=O) groups is 1. The predicted molar refractivity (Wildman–Crippen MR) is 70.1 cm³/mol. The number of aryl methyl sites for hydroxylation is 1. The van der Waals surface area contributed by atoms with Crippen molar-refractivity contribution in [2.45, 2.75) is 58.2 Å². The van der Waals surface area contributed by atoms with Gasteiger partial charge in [-0.1, -0.05) is 12.8 Å². The molecule has 1 atom stereocenters. The highest BCUT2D eigenvalue weighted by Gasteiger charge is 2.20. The van der Waals surface area contributed by atoms with E-state index in [-0.39, 0.29) is 11.9 Å². The summed E-state index contributed by atoms with van der Waals surface area (Å²) in [6.07, 6.45) is 4.71. The molecule has 0 radical (unpaired) electrons. The highest BCUT2D eigenvalue weighted by atomic mass is 16.3. The number of nitrogens with one attached hydrogen (secondary N) is 2. The van der Waals surface area contributed by atoms with E-state index in [1.165, 1.54) is 12.8 Å². The minimum absolute atomic E-state index is 0.0881. The van der Waals surface area contributed by atoms with Crippen LogP contribution in [0.3, 0.4) is 0 Å². The Bertz CT molecular complexity index is 394. The minimum Gasteiger partial charge on any atom is -0.465 e. The van der Waals surface area contributed by atoms with Gasteiger partial charge in [0.2, 0.25) is 5.91 Å². The highest BCUT2D eigenvalue weighted by molar-refractivity contribution is 5.81. The van der Waals surface area contributed by atoms with Crippen LogP contribution in [0.15, 0.2) is 16.5 Å². The van der Waals surface area contributed by atoms with Gasteiger partial charge in [-0.3, -0.25) is 10.1 Å². The smallest absolute Gasteiger partial charge is 0.237 e. The van der Waals surface area contributed by atoms with Crippen molar-refractivity contribution in [3.63, 3.8) is 0 Å². The molecule has 1 aliphatic carbocycles. The molecule has 0 spiro atoms. The molecule has 1 aliphatic rings. The lowest BCUT2D eigenvalue weighted by molar-refractivity contribution is -0.123. The van der Waals surface area contributed by atoms with Crippen molar-refractivity contribution < 1.29 is 9.21 Å². The van der Waals surface area contributed by atoms with E-state index in [1.807, 2.05) is 26.0 Å². The van der Waals surface area contributed by atoms with Crippen LogP contribution in [0, 0.1) is 6.92 Å². The molecular weight excluding hydrogens is 228 g/mol. The van der Waals surface area contributed by atoms with Crippen molar-refractivity contribution in [2.75, 3.05) is 0 Å². The lowest BCUT2D eigenvalue weighted by Crippen LogP contribution is -2.45. The average molecular weight is 250 g/mol. The van der Waals surface area contributed by atoms with Gasteiger partial charge in [-0.05, 0) is 38.8 Å². The first-order valence-corrected chi connectivity index (χ1v) is 6.74. The largest absolute Gasteiger partial charge is 0.465 e. The first-order valence-electron chi connectivity index (χ1n) is 6.74. The topological polar surface area (TPSA) is 54.3 Å². The predicted octanol–water partition coefficient (Wildman–Crippen LogP) is 2.12. The summed E-state index contributed by atoms with van der Waals surface area (Å²) < 4.78 is 5.45. The Morgan fingerprint density at radius 1 is 1.44 bits per heavy atom. The molecule has 1 amide bonds. The second-order valence-electron chi connectivity index (χ2n) is 5.10. The standard InChI is InChI=1S/C14H22N2O2/c1-10-7-8-13(18-10)9-15-11(2)14(17)16-12-5-3-4-6-12/h7-8,11-12,15H,3-6,9H2,1-2H3,(H,16,17). The third-order valence-corrected chi connectivity index (χ3v) is 3.47. The molecule has 1 saturated carbocycles. The number of amides is 1. The molecule has 1 aromatic heterocycles. The monoisotopic (exact) mass is 250 g/mol. The van der Waals surface area contributed by atoms with E-state index in [1.54, 1.807) is 0 Å². The molecule has 4 heteroatoms. The fourth-order valence-corrected chi connectivity index (χ4v) is 2.32. The van der Waals surface area contributed by atoms with E-state index in [4.69, 9.17) is 4.42 Å². The van der Waals surface area contributed by atoms with Gasteiger partial charge in [0.1, 0.15) is 11.5 Å². The number of carbonyl (C=O) groups excluding carboxylic acids is 1. The van der Waals surface area contributed by atoms with Gasteiger partial charge in [-0.15, -0.1) is 0 Å². The van der Waals surface area contributed by atoms with Gasteiger partial charge in [-0.25, -0.2) is 0 Å². The van der Waals surface area contributed by atoms with Gasteiger partial charge >= 0.3 is 0 Å². The maximum atomic E-state index is 11.9. The lowest BCUT2D eigenvalue weighted by Gasteiger charge is -2.17. The Morgan fingerprint density at radius 2 is 2.17 bits per heavy atom.